The smallest absolute Gasteiger partial charge is 0.243 e. The first-order valence-electron chi connectivity index (χ1n) is 6.02. The normalized spacial score (nSPS) is 19.0. The maximum atomic E-state index is 5.37. The largest absolute Gasteiger partial charge is 0.353 e. The van der Waals surface area contributed by atoms with Gasteiger partial charge in [0.2, 0.25) is 17.8 Å². The van der Waals surface area contributed by atoms with Gasteiger partial charge in [-0.1, -0.05) is 0 Å². The first kappa shape index (κ1) is 14.5. The Morgan fingerprint density at radius 3 is 2.68 bits per heavy atom. The van der Waals surface area contributed by atoms with Crippen LogP contribution in [0.2, 0.25) is 0 Å². The van der Waals surface area contributed by atoms with Crippen LogP contribution < -0.4 is 21.5 Å². The maximum Gasteiger partial charge on any atom is 0.243 e. The Morgan fingerprint density at radius 2 is 2.05 bits per heavy atom. The van der Waals surface area contributed by atoms with Crippen LogP contribution >= 0.6 is 23.5 Å². The van der Waals surface area contributed by atoms with Gasteiger partial charge in [-0.3, -0.25) is 5.43 Å². The van der Waals surface area contributed by atoms with Crippen LogP contribution in [0.4, 0.5) is 17.8 Å². The molecule has 0 spiro atoms. The van der Waals surface area contributed by atoms with Gasteiger partial charge in [-0.2, -0.15) is 38.5 Å². The third-order valence-electron chi connectivity index (χ3n) is 2.53. The Kier molecular flexibility index (Phi) is 5.34. The van der Waals surface area contributed by atoms with E-state index in [1.807, 2.05) is 42.5 Å². The van der Waals surface area contributed by atoms with E-state index in [0.29, 0.717) is 23.1 Å². The molecule has 7 nitrogen and oxygen atoms in total. The monoisotopic (exact) mass is 301 g/mol. The quantitative estimate of drug-likeness (QED) is 0.530. The average Bonchev–Trinajstić information content (AvgIpc) is 2.45. The zero-order chi connectivity index (χ0) is 13.7. The number of hydrazine groups is 1. The summed E-state index contributed by atoms with van der Waals surface area (Å²) < 4.78 is 0. The Labute approximate surface area is 121 Å². The summed E-state index contributed by atoms with van der Waals surface area (Å²) >= 11 is 4.00. The van der Waals surface area contributed by atoms with Crippen molar-refractivity contribution in [3.05, 3.63) is 0 Å². The molecule has 1 fully saturated rings. The maximum absolute atomic E-state index is 5.37. The van der Waals surface area contributed by atoms with E-state index in [0.717, 1.165) is 6.54 Å². The Balaban J connectivity index is 2.00. The summed E-state index contributed by atoms with van der Waals surface area (Å²) in [7, 11) is 3.76. The number of hydrogen-bond donors (Lipinski definition) is 3. The lowest BCUT2D eigenvalue weighted by atomic mass is 10.5. The van der Waals surface area contributed by atoms with Gasteiger partial charge in [-0.05, 0) is 0 Å². The molecule has 1 atom stereocenters. The molecule has 19 heavy (non-hydrogen) atoms. The van der Waals surface area contributed by atoms with Gasteiger partial charge in [-0.15, -0.1) is 0 Å². The lowest BCUT2D eigenvalue weighted by Gasteiger charge is -2.21. The Morgan fingerprint density at radius 1 is 1.26 bits per heavy atom. The molecule has 0 aliphatic carbocycles. The van der Waals surface area contributed by atoms with E-state index in [1.165, 1.54) is 17.3 Å². The van der Waals surface area contributed by atoms with Crippen molar-refractivity contribution >= 4 is 41.4 Å². The number of nitrogens with one attached hydrogen (secondary N) is 2. The first-order valence-corrected chi connectivity index (χ1v) is 8.22. The minimum atomic E-state index is 0.367. The van der Waals surface area contributed by atoms with Crippen molar-refractivity contribution < 1.29 is 0 Å². The van der Waals surface area contributed by atoms with Crippen molar-refractivity contribution in [2.75, 3.05) is 53.5 Å². The lowest BCUT2D eigenvalue weighted by Crippen LogP contribution is -2.25. The topological polar surface area (TPSA) is 92.0 Å². The molecule has 1 unspecified atom stereocenters. The summed E-state index contributed by atoms with van der Waals surface area (Å²) in [4.78, 5) is 14.5. The fourth-order valence-electron chi connectivity index (χ4n) is 1.57. The van der Waals surface area contributed by atoms with Gasteiger partial charge in [0.05, 0.1) is 0 Å². The predicted octanol–water partition coefficient (Wildman–Crippen LogP) is 0.484. The highest BCUT2D eigenvalue weighted by molar-refractivity contribution is 8.06. The van der Waals surface area contributed by atoms with Crippen LogP contribution in [0.3, 0.4) is 0 Å². The number of nitrogen functional groups attached to an aromatic ring is 1. The highest BCUT2D eigenvalue weighted by atomic mass is 32.2. The second-order valence-electron chi connectivity index (χ2n) is 4.27. The van der Waals surface area contributed by atoms with E-state index in [4.69, 9.17) is 5.84 Å². The van der Waals surface area contributed by atoms with Crippen molar-refractivity contribution in [2.24, 2.45) is 5.84 Å². The summed E-state index contributed by atoms with van der Waals surface area (Å²) in [6.45, 7) is 0.860. The van der Waals surface area contributed by atoms with Crippen LogP contribution in [-0.2, 0) is 0 Å². The molecule has 2 heterocycles. The molecule has 2 rings (SSSR count). The van der Waals surface area contributed by atoms with E-state index in [2.05, 4.69) is 25.7 Å². The van der Waals surface area contributed by atoms with Gasteiger partial charge in [-0.25, -0.2) is 5.84 Å². The van der Waals surface area contributed by atoms with Crippen molar-refractivity contribution in [3.63, 3.8) is 0 Å². The number of nitrogens with two attached hydrogens (primary N) is 1. The molecule has 9 heteroatoms. The molecule has 0 saturated carbocycles. The van der Waals surface area contributed by atoms with Crippen LogP contribution in [0.1, 0.15) is 0 Å². The molecule has 1 aliphatic rings. The minimum Gasteiger partial charge on any atom is -0.353 e. The lowest BCUT2D eigenvalue weighted by molar-refractivity contribution is 0.924. The van der Waals surface area contributed by atoms with E-state index in [9.17, 15) is 0 Å². The zero-order valence-corrected chi connectivity index (χ0v) is 12.7. The first-order chi connectivity index (χ1) is 9.19. The fourth-order valence-corrected chi connectivity index (χ4v) is 4.18. The van der Waals surface area contributed by atoms with Gasteiger partial charge in [0.15, 0.2) is 0 Å². The third-order valence-corrected chi connectivity index (χ3v) is 5.37. The van der Waals surface area contributed by atoms with Crippen LogP contribution in [0.5, 0.6) is 0 Å². The van der Waals surface area contributed by atoms with Gasteiger partial charge in [0.1, 0.15) is 0 Å². The summed E-state index contributed by atoms with van der Waals surface area (Å²) in [5, 5.41) is 3.87. The average molecular weight is 301 g/mol. The molecule has 106 valence electrons. The Bertz CT molecular complexity index is 409. The minimum absolute atomic E-state index is 0.367. The van der Waals surface area contributed by atoms with Crippen LogP contribution in [0.15, 0.2) is 0 Å². The molecule has 1 aromatic rings. The van der Waals surface area contributed by atoms with Crippen molar-refractivity contribution in [3.8, 4) is 0 Å². The standard InChI is InChI=1S/C10H19N7S2/c1-17(2)10-14-8(13-9(15-10)16-11)12-5-7-6-18-3-4-19-7/h7H,3-6,11H2,1-2H3,(H2,12,13,14,15,16). The van der Waals surface area contributed by atoms with Crippen molar-refractivity contribution in [2.45, 2.75) is 5.25 Å². The molecular weight excluding hydrogens is 282 g/mol. The SMILES string of the molecule is CN(C)c1nc(NN)nc(NCC2CSCCS2)n1. The van der Waals surface area contributed by atoms with Crippen LogP contribution in [0, 0.1) is 0 Å². The highest BCUT2D eigenvalue weighted by Crippen LogP contribution is 2.24. The van der Waals surface area contributed by atoms with Crippen LogP contribution in [0.25, 0.3) is 0 Å². The number of nitrogens with zero attached hydrogens (tertiary/aromatic N) is 4. The fraction of sp³-hybridized carbons (Fsp3) is 0.700. The molecule has 0 radical (unpaired) electrons. The molecule has 1 saturated heterocycles. The molecule has 4 N–H and O–H groups in total. The van der Waals surface area contributed by atoms with Gasteiger partial charge in [0, 0.05) is 43.1 Å². The van der Waals surface area contributed by atoms with Crippen molar-refractivity contribution in [1.29, 1.82) is 0 Å². The number of aromatic nitrogens is 3. The van der Waals surface area contributed by atoms with Gasteiger partial charge >= 0.3 is 0 Å². The predicted molar refractivity (Wildman–Crippen MR) is 84.0 cm³/mol. The van der Waals surface area contributed by atoms with Gasteiger partial charge < -0.3 is 10.2 Å². The summed E-state index contributed by atoms with van der Waals surface area (Å²) in [5.74, 6) is 10.5. The van der Waals surface area contributed by atoms with E-state index >= 15 is 0 Å². The zero-order valence-electron chi connectivity index (χ0n) is 11.1. The summed E-state index contributed by atoms with van der Waals surface area (Å²) in [5.41, 5.74) is 2.46. The van der Waals surface area contributed by atoms with Crippen molar-refractivity contribution in [1.82, 2.24) is 15.0 Å². The molecule has 0 bridgehead atoms. The van der Waals surface area contributed by atoms with E-state index in [1.54, 1.807) is 0 Å². The third kappa shape index (κ3) is 4.29. The van der Waals surface area contributed by atoms with E-state index < -0.39 is 0 Å². The molecular formula is C10H19N7S2. The molecule has 0 amide bonds. The summed E-state index contributed by atoms with van der Waals surface area (Å²) in [6.07, 6.45) is 0. The molecule has 0 aromatic carbocycles. The number of hydrogen-bond acceptors (Lipinski definition) is 9. The number of thioether (sulfide) groups is 2. The van der Waals surface area contributed by atoms with E-state index in [-0.39, 0.29) is 0 Å². The molecule has 1 aliphatic heterocycles. The second kappa shape index (κ2) is 7.01. The number of rotatable bonds is 5. The number of anilines is 3. The highest BCUT2D eigenvalue weighted by Gasteiger charge is 2.15. The Hall–Kier alpha value is -0.930. The van der Waals surface area contributed by atoms with Crippen LogP contribution in [-0.4, -0.2) is 58.1 Å². The van der Waals surface area contributed by atoms with Gasteiger partial charge in [0.25, 0.3) is 0 Å². The summed E-state index contributed by atoms with van der Waals surface area (Å²) in [6, 6.07) is 0. The molecule has 1 aromatic heterocycles. The second-order valence-corrected chi connectivity index (χ2v) is 6.83.